The average Bonchev–Trinajstić information content (AvgIpc) is 2.47. The summed E-state index contributed by atoms with van der Waals surface area (Å²) >= 11 is 5.59. The summed E-state index contributed by atoms with van der Waals surface area (Å²) in [5.74, 6) is -0.785. The molecule has 0 aliphatic heterocycles. The fourth-order valence-electron chi connectivity index (χ4n) is 1.87. The molecule has 0 aromatic heterocycles. The average molecular weight is 322 g/mol. The van der Waals surface area contributed by atoms with Crippen molar-refractivity contribution in [2.75, 3.05) is 24.1 Å². The third-order valence-corrected chi connectivity index (χ3v) is 3.02. The zero-order chi connectivity index (χ0) is 15.8. The van der Waals surface area contributed by atoms with Crippen molar-refractivity contribution < 1.29 is 23.0 Å². The monoisotopic (exact) mass is 321 g/mol. The Balaban J connectivity index is 3.27. The molecule has 0 atom stereocenters. The minimum Gasteiger partial charge on any atom is -0.433 e. The molecule has 1 aromatic rings. The quantitative estimate of drug-likeness (QED) is 0.544. The van der Waals surface area contributed by atoms with Crippen molar-refractivity contribution in [1.82, 2.24) is 0 Å². The number of alkyl halides is 3. The fourth-order valence-corrected chi connectivity index (χ4v) is 2.01. The van der Waals surface area contributed by atoms with Gasteiger partial charge in [-0.2, -0.15) is 8.78 Å². The van der Waals surface area contributed by atoms with E-state index in [9.17, 15) is 13.6 Å². The van der Waals surface area contributed by atoms with Gasteiger partial charge in [-0.25, -0.2) is 0 Å². The van der Waals surface area contributed by atoms with Gasteiger partial charge in [-0.05, 0) is 25.0 Å². The summed E-state index contributed by atoms with van der Waals surface area (Å²) in [6, 6.07) is 4.74. The van der Waals surface area contributed by atoms with Crippen molar-refractivity contribution in [3.05, 3.63) is 23.8 Å². The van der Waals surface area contributed by atoms with Crippen LogP contribution in [0, 0.1) is 0 Å². The van der Waals surface area contributed by atoms with E-state index in [1.54, 1.807) is 19.1 Å². The summed E-state index contributed by atoms with van der Waals surface area (Å²) in [4.78, 5) is 13.2. The van der Waals surface area contributed by atoms with Gasteiger partial charge in [0.05, 0.1) is 5.69 Å². The van der Waals surface area contributed by atoms with E-state index >= 15 is 0 Å². The molecule has 0 N–H and O–H groups in total. The molecule has 0 unspecified atom stereocenters. The largest absolute Gasteiger partial charge is 0.433 e. The summed E-state index contributed by atoms with van der Waals surface area (Å²) in [7, 11) is 0. The Morgan fingerprint density at radius 2 is 2.10 bits per heavy atom. The van der Waals surface area contributed by atoms with E-state index in [-0.39, 0.29) is 24.0 Å². The number of ether oxygens (including phenoxy) is 2. The second kappa shape index (κ2) is 8.79. The van der Waals surface area contributed by atoms with Crippen molar-refractivity contribution in [3.63, 3.8) is 0 Å². The third-order valence-electron chi connectivity index (χ3n) is 2.79. The van der Waals surface area contributed by atoms with Crippen LogP contribution < -0.4 is 9.64 Å². The van der Waals surface area contributed by atoms with Crippen LogP contribution in [0.15, 0.2) is 18.2 Å². The van der Waals surface area contributed by atoms with E-state index < -0.39 is 12.5 Å². The lowest BCUT2D eigenvalue weighted by Gasteiger charge is -2.26. The van der Waals surface area contributed by atoms with Crippen molar-refractivity contribution in [2.45, 2.75) is 26.9 Å². The van der Waals surface area contributed by atoms with Crippen LogP contribution in [0.5, 0.6) is 5.75 Å². The van der Waals surface area contributed by atoms with Crippen LogP contribution in [0.25, 0.3) is 0 Å². The van der Waals surface area contributed by atoms with Crippen LogP contribution in [0.3, 0.4) is 0 Å². The molecule has 0 heterocycles. The second-order valence-corrected chi connectivity index (χ2v) is 4.34. The number of amides is 1. The van der Waals surface area contributed by atoms with Gasteiger partial charge in [0, 0.05) is 6.61 Å². The number of para-hydroxylation sites is 1. The standard InChI is InChI=1S/C14H18ClF2NO3/c1-3-10-6-5-7-11(21-14(16)17)13(10)18(9-20-4-2)12(19)8-15/h5-7,14H,3-4,8-9H2,1-2H3. The Bertz CT molecular complexity index is 472. The minimum atomic E-state index is -2.98. The highest BCUT2D eigenvalue weighted by atomic mass is 35.5. The molecule has 0 saturated carbocycles. The molecule has 1 rings (SSSR count). The molecule has 21 heavy (non-hydrogen) atoms. The lowest BCUT2D eigenvalue weighted by Crippen LogP contribution is -2.35. The fraction of sp³-hybridized carbons (Fsp3) is 0.500. The van der Waals surface area contributed by atoms with Gasteiger partial charge in [0.1, 0.15) is 18.4 Å². The summed E-state index contributed by atoms with van der Waals surface area (Å²) < 4.78 is 34.9. The van der Waals surface area contributed by atoms with Crippen molar-refractivity contribution in [3.8, 4) is 5.75 Å². The number of rotatable bonds is 8. The highest BCUT2D eigenvalue weighted by Gasteiger charge is 2.23. The molecule has 0 radical (unpaired) electrons. The number of hydrogen-bond donors (Lipinski definition) is 0. The summed E-state index contributed by atoms with van der Waals surface area (Å²) in [6.07, 6.45) is 0.550. The number of halogens is 3. The van der Waals surface area contributed by atoms with Gasteiger partial charge in [0.2, 0.25) is 5.91 Å². The molecule has 0 spiro atoms. The van der Waals surface area contributed by atoms with Gasteiger partial charge >= 0.3 is 6.61 Å². The van der Waals surface area contributed by atoms with Gasteiger partial charge in [-0.15, -0.1) is 11.6 Å². The molecule has 1 aromatic carbocycles. The smallest absolute Gasteiger partial charge is 0.387 e. The van der Waals surface area contributed by atoms with Gasteiger partial charge in [-0.3, -0.25) is 9.69 Å². The number of carbonyl (C=O) groups is 1. The zero-order valence-electron chi connectivity index (χ0n) is 11.9. The SMILES string of the molecule is CCOCN(C(=O)CCl)c1c(CC)cccc1OC(F)F. The molecule has 0 saturated heterocycles. The molecule has 118 valence electrons. The zero-order valence-corrected chi connectivity index (χ0v) is 12.7. The number of nitrogens with zero attached hydrogens (tertiary/aromatic N) is 1. The van der Waals surface area contributed by atoms with Gasteiger partial charge in [-0.1, -0.05) is 19.1 Å². The lowest BCUT2D eigenvalue weighted by atomic mass is 10.1. The topological polar surface area (TPSA) is 38.8 Å². The van der Waals surface area contributed by atoms with Crippen LogP contribution in [-0.2, 0) is 16.0 Å². The van der Waals surface area contributed by atoms with Gasteiger partial charge < -0.3 is 9.47 Å². The van der Waals surface area contributed by atoms with Crippen molar-refractivity contribution in [1.29, 1.82) is 0 Å². The van der Waals surface area contributed by atoms with Gasteiger partial charge in [0.15, 0.2) is 0 Å². The van der Waals surface area contributed by atoms with E-state index in [1.807, 2.05) is 6.92 Å². The van der Waals surface area contributed by atoms with Crippen LogP contribution in [0.1, 0.15) is 19.4 Å². The Morgan fingerprint density at radius 1 is 1.38 bits per heavy atom. The van der Waals surface area contributed by atoms with Crippen LogP contribution in [-0.4, -0.2) is 31.7 Å². The maximum Gasteiger partial charge on any atom is 0.387 e. The molecule has 7 heteroatoms. The van der Waals surface area contributed by atoms with E-state index in [4.69, 9.17) is 16.3 Å². The first kappa shape index (κ1) is 17.7. The van der Waals surface area contributed by atoms with Gasteiger partial charge in [0.25, 0.3) is 0 Å². The maximum atomic E-state index is 12.6. The molecule has 0 bridgehead atoms. The summed E-state index contributed by atoms with van der Waals surface area (Å²) in [5, 5.41) is 0. The molecular weight excluding hydrogens is 304 g/mol. The lowest BCUT2D eigenvalue weighted by molar-refractivity contribution is -0.117. The number of hydrogen-bond acceptors (Lipinski definition) is 3. The number of aryl methyl sites for hydroxylation is 1. The Kier molecular flexibility index (Phi) is 7.39. The third kappa shape index (κ3) is 4.82. The summed E-state index contributed by atoms with van der Waals surface area (Å²) in [6.45, 7) is 0.959. The number of benzene rings is 1. The minimum absolute atomic E-state index is 0.0671. The molecular formula is C14H18ClF2NO3. The van der Waals surface area contributed by atoms with Crippen LogP contribution >= 0.6 is 11.6 Å². The summed E-state index contributed by atoms with van der Waals surface area (Å²) in [5.41, 5.74) is 0.978. The predicted octanol–water partition coefficient (Wildman–Crippen LogP) is 3.42. The normalized spacial score (nSPS) is 10.8. The molecule has 0 aliphatic carbocycles. The number of anilines is 1. The molecule has 1 amide bonds. The van der Waals surface area contributed by atoms with E-state index in [0.717, 1.165) is 0 Å². The second-order valence-electron chi connectivity index (χ2n) is 4.07. The van der Waals surface area contributed by atoms with E-state index in [1.165, 1.54) is 11.0 Å². The number of carbonyl (C=O) groups excluding carboxylic acids is 1. The molecule has 0 fully saturated rings. The Hall–Kier alpha value is -1.40. The van der Waals surface area contributed by atoms with E-state index in [0.29, 0.717) is 18.6 Å². The molecule has 4 nitrogen and oxygen atoms in total. The van der Waals surface area contributed by atoms with Crippen molar-refractivity contribution in [2.24, 2.45) is 0 Å². The maximum absolute atomic E-state index is 12.6. The van der Waals surface area contributed by atoms with E-state index in [2.05, 4.69) is 4.74 Å². The van der Waals surface area contributed by atoms with Crippen LogP contribution in [0.2, 0.25) is 0 Å². The Morgan fingerprint density at radius 3 is 2.62 bits per heavy atom. The highest BCUT2D eigenvalue weighted by Crippen LogP contribution is 2.34. The van der Waals surface area contributed by atoms with Crippen molar-refractivity contribution >= 4 is 23.2 Å². The predicted molar refractivity (Wildman–Crippen MR) is 77.2 cm³/mol. The first-order valence-corrected chi connectivity index (χ1v) is 7.09. The van der Waals surface area contributed by atoms with Crippen LogP contribution in [0.4, 0.5) is 14.5 Å². The first-order chi connectivity index (χ1) is 10.0. The highest BCUT2D eigenvalue weighted by molar-refractivity contribution is 6.29. The molecule has 0 aliphatic rings. The Labute approximate surface area is 127 Å². The first-order valence-electron chi connectivity index (χ1n) is 6.55.